The van der Waals surface area contributed by atoms with E-state index in [4.69, 9.17) is 4.74 Å². The molecule has 0 saturated carbocycles. The molecule has 4 rings (SSSR count). The Morgan fingerprint density at radius 1 is 0.969 bits per heavy atom. The summed E-state index contributed by atoms with van der Waals surface area (Å²) in [5.74, 6) is 0.0646. The van der Waals surface area contributed by atoms with Crippen molar-refractivity contribution in [3.8, 4) is 22.6 Å². The summed E-state index contributed by atoms with van der Waals surface area (Å²) in [4.78, 5) is 15.0. The van der Waals surface area contributed by atoms with E-state index in [0.29, 0.717) is 42.1 Å². The lowest BCUT2D eigenvalue weighted by molar-refractivity contribution is -0.274. The number of carbonyl (C=O) groups is 1. The molecule has 0 atom stereocenters. The summed E-state index contributed by atoms with van der Waals surface area (Å²) >= 11 is 0. The van der Waals surface area contributed by atoms with Crippen molar-refractivity contribution in [2.45, 2.75) is 26.3 Å². The third kappa shape index (κ3) is 5.04. The Balaban J connectivity index is 1.58. The number of aryl methyl sites for hydroxylation is 1. The second kappa shape index (κ2) is 8.94. The van der Waals surface area contributed by atoms with Crippen LogP contribution >= 0.6 is 0 Å². The van der Waals surface area contributed by atoms with Crippen molar-refractivity contribution >= 4 is 5.91 Å². The van der Waals surface area contributed by atoms with Crippen LogP contribution in [0.5, 0.6) is 11.5 Å². The summed E-state index contributed by atoms with van der Waals surface area (Å²) in [6, 6.07) is 18.9. The van der Waals surface area contributed by atoms with Gasteiger partial charge in [-0.25, -0.2) is 0 Å². The van der Waals surface area contributed by atoms with Gasteiger partial charge in [0.25, 0.3) is 5.91 Å². The first-order valence-electron chi connectivity index (χ1n) is 10.3. The van der Waals surface area contributed by atoms with Crippen LogP contribution in [0.1, 0.15) is 28.4 Å². The van der Waals surface area contributed by atoms with Crippen LogP contribution in [0.25, 0.3) is 11.1 Å². The van der Waals surface area contributed by atoms with E-state index in [2.05, 4.69) is 23.8 Å². The first-order valence-corrected chi connectivity index (χ1v) is 10.3. The van der Waals surface area contributed by atoms with Crippen LogP contribution in [0.4, 0.5) is 13.2 Å². The molecule has 0 unspecified atom stereocenters. The molecular weight excluding hydrogens is 419 g/mol. The standard InChI is InChI=1S/C25H22F3NO3/c1-2-17-4-3-5-18(14-17)16-29-12-13-31-23-11-8-20(15-22(23)24(29)30)19-6-9-21(10-7-19)32-25(26,27)28/h3-11,14-15H,2,12-13,16H2,1H3. The van der Waals surface area contributed by atoms with Gasteiger partial charge in [0.2, 0.25) is 0 Å². The van der Waals surface area contributed by atoms with Crippen molar-refractivity contribution in [1.82, 2.24) is 4.90 Å². The van der Waals surface area contributed by atoms with Gasteiger partial charge in [-0.1, -0.05) is 49.4 Å². The number of hydrogen-bond acceptors (Lipinski definition) is 3. The molecule has 0 radical (unpaired) electrons. The number of benzene rings is 3. The maximum absolute atomic E-state index is 13.3. The lowest BCUT2D eigenvalue weighted by Gasteiger charge is -2.20. The van der Waals surface area contributed by atoms with Gasteiger partial charge in [-0.15, -0.1) is 13.2 Å². The fraction of sp³-hybridized carbons (Fsp3) is 0.240. The van der Waals surface area contributed by atoms with Crippen LogP contribution in [-0.2, 0) is 13.0 Å². The highest BCUT2D eigenvalue weighted by Crippen LogP contribution is 2.31. The van der Waals surface area contributed by atoms with E-state index in [0.717, 1.165) is 12.0 Å². The van der Waals surface area contributed by atoms with Gasteiger partial charge < -0.3 is 14.4 Å². The van der Waals surface area contributed by atoms with Crippen LogP contribution in [0.15, 0.2) is 66.7 Å². The number of carbonyl (C=O) groups excluding carboxylic acids is 1. The molecule has 0 bridgehead atoms. The number of rotatable bonds is 5. The van der Waals surface area contributed by atoms with Crippen molar-refractivity contribution < 1.29 is 27.4 Å². The molecule has 0 aromatic heterocycles. The fourth-order valence-electron chi connectivity index (χ4n) is 3.71. The summed E-state index contributed by atoms with van der Waals surface area (Å²) in [7, 11) is 0. The molecule has 3 aromatic carbocycles. The first kappa shape index (κ1) is 21.7. The highest BCUT2D eigenvalue weighted by Gasteiger charge is 2.31. The Morgan fingerprint density at radius 2 is 1.69 bits per heavy atom. The van der Waals surface area contributed by atoms with Gasteiger partial charge in [0, 0.05) is 6.54 Å². The molecule has 0 spiro atoms. The Kier molecular flexibility index (Phi) is 6.08. The van der Waals surface area contributed by atoms with Gasteiger partial charge >= 0.3 is 6.36 Å². The topological polar surface area (TPSA) is 38.8 Å². The van der Waals surface area contributed by atoms with Crippen LogP contribution in [0.3, 0.4) is 0 Å². The number of alkyl halides is 3. The summed E-state index contributed by atoms with van der Waals surface area (Å²) in [6.07, 6.45) is -3.82. The van der Waals surface area contributed by atoms with E-state index in [9.17, 15) is 18.0 Å². The monoisotopic (exact) mass is 441 g/mol. The molecule has 1 amide bonds. The SMILES string of the molecule is CCc1cccc(CN2CCOc3ccc(-c4ccc(OC(F)(F)F)cc4)cc3C2=O)c1. The normalized spacial score (nSPS) is 13.9. The molecule has 0 fully saturated rings. The summed E-state index contributed by atoms with van der Waals surface area (Å²) in [5, 5.41) is 0. The van der Waals surface area contributed by atoms with Gasteiger partial charge in [0.05, 0.1) is 12.1 Å². The minimum Gasteiger partial charge on any atom is -0.491 e. The molecule has 32 heavy (non-hydrogen) atoms. The fourth-order valence-corrected chi connectivity index (χ4v) is 3.71. The van der Waals surface area contributed by atoms with E-state index >= 15 is 0 Å². The quantitative estimate of drug-likeness (QED) is 0.499. The predicted molar refractivity (Wildman–Crippen MR) is 115 cm³/mol. The number of ether oxygens (including phenoxy) is 2. The van der Waals surface area contributed by atoms with Crippen molar-refractivity contribution in [2.24, 2.45) is 0 Å². The Hall–Kier alpha value is -3.48. The zero-order valence-electron chi connectivity index (χ0n) is 17.5. The van der Waals surface area contributed by atoms with E-state index in [1.807, 2.05) is 12.1 Å². The van der Waals surface area contributed by atoms with Crippen LogP contribution < -0.4 is 9.47 Å². The van der Waals surface area contributed by atoms with Crippen molar-refractivity contribution in [2.75, 3.05) is 13.2 Å². The Bertz CT molecular complexity index is 1110. The highest BCUT2D eigenvalue weighted by atomic mass is 19.4. The summed E-state index contributed by atoms with van der Waals surface area (Å²) < 4.78 is 46.9. The lowest BCUT2D eigenvalue weighted by atomic mass is 10.0. The average Bonchev–Trinajstić information content (AvgIpc) is 2.92. The minimum absolute atomic E-state index is 0.140. The largest absolute Gasteiger partial charge is 0.573 e. The number of nitrogens with zero attached hydrogens (tertiary/aromatic N) is 1. The van der Waals surface area contributed by atoms with Crippen molar-refractivity contribution in [3.05, 3.63) is 83.4 Å². The highest BCUT2D eigenvalue weighted by molar-refractivity contribution is 5.98. The Morgan fingerprint density at radius 3 is 2.41 bits per heavy atom. The zero-order chi connectivity index (χ0) is 22.7. The number of halogens is 3. The van der Waals surface area contributed by atoms with E-state index in [1.54, 1.807) is 23.1 Å². The van der Waals surface area contributed by atoms with Crippen LogP contribution in [-0.4, -0.2) is 30.3 Å². The predicted octanol–water partition coefficient (Wildman–Crippen LogP) is 5.85. The molecule has 0 aliphatic carbocycles. The number of amides is 1. The third-order valence-electron chi connectivity index (χ3n) is 5.31. The maximum atomic E-state index is 13.3. The van der Waals surface area contributed by atoms with Gasteiger partial charge in [0.15, 0.2) is 0 Å². The molecule has 1 heterocycles. The molecule has 166 valence electrons. The third-order valence-corrected chi connectivity index (χ3v) is 5.31. The maximum Gasteiger partial charge on any atom is 0.573 e. The van der Waals surface area contributed by atoms with Gasteiger partial charge in [-0.2, -0.15) is 0 Å². The Labute approximate surface area is 184 Å². The minimum atomic E-state index is -4.74. The van der Waals surface area contributed by atoms with Gasteiger partial charge in [-0.05, 0) is 52.9 Å². The van der Waals surface area contributed by atoms with Crippen molar-refractivity contribution in [3.63, 3.8) is 0 Å². The smallest absolute Gasteiger partial charge is 0.491 e. The summed E-state index contributed by atoms with van der Waals surface area (Å²) in [6.45, 7) is 3.41. The lowest BCUT2D eigenvalue weighted by Crippen LogP contribution is -2.31. The molecule has 4 nitrogen and oxygen atoms in total. The van der Waals surface area contributed by atoms with Crippen LogP contribution in [0, 0.1) is 0 Å². The molecule has 0 N–H and O–H groups in total. The van der Waals surface area contributed by atoms with Gasteiger partial charge in [0.1, 0.15) is 18.1 Å². The molecule has 7 heteroatoms. The molecule has 0 saturated heterocycles. The van der Waals surface area contributed by atoms with E-state index in [-0.39, 0.29) is 11.7 Å². The molecular formula is C25H22F3NO3. The number of fused-ring (bicyclic) bond motifs is 1. The van der Waals surface area contributed by atoms with E-state index < -0.39 is 6.36 Å². The second-order valence-corrected chi connectivity index (χ2v) is 7.53. The molecule has 1 aliphatic rings. The molecule has 3 aromatic rings. The average molecular weight is 441 g/mol. The second-order valence-electron chi connectivity index (χ2n) is 7.53. The first-order chi connectivity index (χ1) is 15.3. The van der Waals surface area contributed by atoms with E-state index in [1.165, 1.54) is 29.8 Å². The van der Waals surface area contributed by atoms with Crippen molar-refractivity contribution in [1.29, 1.82) is 0 Å². The zero-order valence-corrected chi connectivity index (χ0v) is 17.5. The van der Waals surface area contributed by atoms with Gasteiger partial charge in [-0.3, -0.25) is 4.79 Å². The van der Waals surface area contributed by atoms with Crippen LogP contribution in [0.2, 0.25) is 0 Å². The summed E-state index contributed by atoms with van der Waals surface area (Å²) in [5.41, 5.74) is 4.07. The number of hydrogen-bond donors (Lipinski definition) is 0. The molecule has 1 aliphatic heterocycles.